The maximum Gasteiger partial charge on any atom is 0.333 e. The minimum Gasteiger partial charge on any atom is -0.305 e. The van der Waals surface area contributed by atoms with Crippen molar-refractivity contribution in [3.05, 3.63) is 34.7 Å². The van der Waals surface area contributed by atoms with E-state index < -0.39 is 0 Å². The summed E-state index contributed by atoms with van der Waals surface area (Å²) in [6, 6.07) is 7.38. The van der Waals surface area contributed by atoms with Crippen LogP contribution in [-0.2, 0) is 7.05 Å². The van der Waals surface area contributed by atoms with Gasteiger partial charge < -0.3 is 4.98 Å². The lowest BCUT2D eigenvalue weighted by atomic mass is 10.3. The van der Waals surface area contributed by atoms with Gasteiger partial charge in [0.1, 0.15) is 0 Å². The lowest BCUT2D eigenvalue weighted by Crippen LogP contribution is -2.18. The first-order chi connectivity index (χ1) is 7.77. The SMILES string of the molecule is Cn1nnnc1-n1c(=O)[nH]c2ccccc21. The lowest BCUT2D eigenvalue weighted by Gasteiger charge is -1.98. The molecule has 0 saturated carbocycles. The number of rotatable bonds is 1. The summed E-state index contributed by atoms with van der Waals surface area (Å²) in [4.78, 5) is 14.5. The minimum atomic E-state index is -0.251. The van der Waals surface area contributed by atoms with Crippen LogP contribution in [0.3, 0.4) is 0 Å². The van der Waals surface area contributed by atoms with Crippen molar-refractivity contribution in [2.45, 2.75) is 0 Å². The molecule has 0 aliphatic heterocycles. The van der Waals surface area contributed by atoms with Crippen LogP contribution < -0.4 is 5.69 Å². The monoisotopic (exact) mass is 216 g/mol. The van der Waals surface area contributed by atoms with Gasteiger partial charge in [0.15, 0.2) is 0 Å². The molecule has 0 radical (unpaired) electrons. The Balaban J connectivity index is 2.44. The van der Waals surface area contributed by atoms with Crippen LogP contribution in [0.1, 0.15) is 0 Å². The van der Waals surface area contributed by atoms with Crippen molar-refractivity contribution < 1.29 is 0 Å². The molecule has 7 heteroatoms. The molecule has 0 saturated heterocycles. The van der Waals surface area contributed by atoms with Gasteiger partial charge in [-0.15, -0.1) is 0 Å². The molecule has 7 nitrogen and oxygen atoms in total. The molecule has 0 unspecified atom stereocenters. The average Bonchev–Trinajstić information content (AvgIpc) is 2.81. The number of hydrogen-bond acceptors (Lipinski definition) is 4. The molecule has 3 aromatic rings. The summed E-state index contributed by atoms with van der Waals surface area (Å²) in [7, 11) is 1.68. The van der Waals surface area contributed by atoms with Gasteiger partial charge in [-0.05, 0) is 22.6 Å². The fourth-order valence-electron chi connectivity index (χ4n) is 1.67. The van der Waals surface area contributed by atoms with Gasteiger partial charge in [0, 0.05) is 7.05 Å². The highest BCUT2D eigenvalue weighted by atomic mass is 16.1. The third-order valence-corrected chi connectivity index (χ3v) is 2.39. The highest BCUT2D eigenvalue weighted by molar-refractivity contribution is 5.76. The standard InChI is InChI=1S/C9H8N6O/c1-14-8(11-12-13-14)15-7-5-3-2-4-6(7)10-9(15)16/h2-5H,1H3,(H,10,16). The van der Waals surface area contributed by atoms with Crippen LogP contribution >= 0.6 is 0 Å². The predicted molar refractivity (Wildman–Crippen MR) is 56.3 cm³/mol. The number of para-hydroxylation sites is 2. The summed E-state index contributed by atoms with van der Waals surface area (Å²) in [5.74, 6) is 0.391. The van der Waals surface area contributed by atoms with E-state index in [9.17, 15) is 4.79 Å². The molecule has 0 spiro atoms. The molecule has 0 aliphatic carbocycles. The first-order valence-electron chi connectivity index (χ1n) is 4.70. The number of H-pyrrole nitrogens is 1. The molecule has 3 rings (SSSR count). The molecule has 80 valence electrons. The van der Waals surface area contributed by atoms with E-state index in [1.54, 1.807) is 7.05 Å². The van der Waals surface area contributed by atoms with E-state index in [4.69, 9.17) is 0 Å². The third kappa shape index (κ3) is 1.08. The van der Waals surface area contributed by atoms with Crippen molar-refractivity contribution in [2.75, 3.05) is 0 Å². The second-order valence-corrected chi connectivity index (χ2v) is 3.39. The first-order valence-corrected chi connectivity index (χ1v) is 4.70. The van der Waals surface area contributed by atoms with Crippen LogP contribution in [0, 0.1) is 0 Å². The van der Waals surface area contributed by atoms with E-state index in [1.165, 1.54) is 9.25 Å². The van der Waals surface area contributed by atoms with Crippen LogP contribution in [0.15, 0.2) is 29.1 Å². The topological polar surface area (TPSA) is 81.4 Å². The molecule has 0 atom stereocenters. The second kappa shape index (κ2) is 3.02. The molecular formula is C9H8N6O. The van der Waals surface area contributed by atoms with E-state index in [2.05, 4.69) is 20.5 Å². The smallest absolute Gasteiger partial charge is 0.305 e. The number of tetrazole rings is 1. The van der Waals surface area contributed by atoms with Crippen LogP contribution in [0.2, 0.25) is 0 Å². The lowest BCUT2D eigenvalue weighted by molar-refractivity contribution is 0.690. The number of hydrogen-bond donors (Lipinski definition) is 1. The summed E-state index contributed by atoms with van der Waals surface area (Å²) in [6.07, 6.45) is 0. The van der Waals surface area contributed by atoms with Crippen molar-refractivity contribution in [1.29, 1.82) is 0 Å². The van der Waals surface area contributed by atoms with Crippen LogP contribution in [0.4, 0.5) is 0 Å². The minimum absolute atomic E-state index is 0.251. The van der Waals surface area contributed by atoms with Gasteiger partial charge in [0.25, 0.3) is 5.95 Å². The van der Waals surface area contributed by atoms with Gasteiger partial charge in [-0.3, -0.25) is 0 Å². The van der Waals surface area contributed by atoms with Crippen molar-refractivity contribution in [2.24, 2.45) is 7.05 Å². The van der Waals surface area contributed by atoms with Crippen molar-refractivity contribution >= 4 is 11.0 Å². The Kier molecular flexibility index (Phi) is 1.67. The Morgan fingerprint density at radius 1 is 1.31 bits per heavy atom. The first kappa shape index (κ1) is 8.84. The van der Waals surface area contributed by atoms with Gasteiger partial charge >= 0.3 is 5.69 Å². The number of aromatic nitrogens is 6. The quantitative estimate of drug-likeness (QED) is 0.613. The third-order valence-electron chi connectivity index (χ3n) is 2.39. The number of nitrogens with one attached hydrogen (secondary N) is 1. The molecular weight excluding hydrogens is 208 g/mol. The summed E-state index contributed by atoms with van der Waals surface area (Å²) in [6.45, 7) is 0. The zero-order valence-electron chi connectivity index (χ0n) is 8.45. The average molecular weight is 216 g/mol. The van der Waals surface area contributed by atoms with E-state index in [0.717, 1.165) is 11.0 Å². The maximum atomic E-state index is 11.8. The molecule has 1 N–H and O–H groups in total. The van der Waals surface area contributed by atoms with Gasteiger partial charge in [0.2, 0.25) is 0 Å². The number of benzene rings is 1. The van der Waals surface area contributed by atoms with Crippen LogP contribution in [0.5, 0.6) is 0 Å². The predicted octanol–water partition coefficient (Wildman–Crippen LogP) is -0.158. The Labute approximate surface area is 89.3 Å². The summed E-state index contributed by atoms with van der Waals surface area (Å²) < 4.78 is 2.89. The fourth-order valence-corrected chi connectivity index (χ4v) is 1.67. The summed E-state index contributed by atoms with van der Waals surface area (Å²) >= 11 is 0. The van der Waals surface area contributed by atoms with Crippen molar-refractivity contribution in [1.82, 2.24) is 29.8 Å². The maximum absolute atomic E-state index is 11.8. The Morgan fingerprint density at radius 3 is 2.88 bits per heavy atom. The molecule has 0 fully saturated rings. The molecule has 2 aromatic heterocycles. The number of fused-ring (bicyclic) bond motifs is 1. The summed E-state index contributed by atoms with van der Waals surface area (Å²) in [5, 5.41) is 11.0. The van der Waals surface area contributed by atoms with Crippen molar-refractivity contribution in [3.8, 4) is 5.95 Å². The van der Waals surface area contributed by atoms with Crippen LogP contribution in [-0.4, -0.2) is 29.8 Å². The zero-order chi connectivity index (χ0) is 11.1. The number of nitrogens with zero attached hydrogens (tertiary/aromatic N) is 5. The van der Waals surface area contributed by atoms with Crippen molar-refractivity contribution in [3.63, 3.8) is 0 Å². The number of aromatic amines is 1. The molecule has 16 heavy (non-hydrogen) atoms. The highest BCUT2D eigenvalue weighted by Gasteiger charge is 2.12. The van der Waals surface area contributed by atoms with Gasteiger partial charge in [-0.1, -0.05) is 17.2 Å². The van der Waals surface area contributed by atoms with Gasteiger partial charge in [0.05, 0.1) is 11.0 Å². The number of aryl methyl sites for hydroxylation is 1. The van der Waals surface area contributed by atoms with Gasteiger partial charge in [-0.2, -0.15) is 0 Å². The summed E-state index contributed by atoms with van der Waals surface area (Å²) in [5.41, 5.74) is 1.26. The molecule has 1 aromatic carbocycles. The number of imidazole rings is 1. The Hall–Kier alpha value is -2.44. The Morgan fingerprint density at radius 2 is 2.12 bits per heavy atom. The largest absolute Gasteiger partial charge is 0.333 e. The van der Waals surface area contributed by atoms with E-state index in [-0.39, 0.29) is 5.69 Å². The normalized spacial score (nSPS) is 11.1. The second-order valence-electron chi connectivity index (χ2n) is 3.39. The molecule has 0 aliphatic rings. The molecule has 2 heterocycles. The van der Waals surface area contributed by atoms with E-state index in [0.29, 0.717) is 5.95 Å². The van der Waals surface area contributed by atoms with Gasteiger partial charge in [-0.25, -0.2) is 14.0 Å². The highest BCUT2D eigenvalue weighted by Crippen LogP contribution is 2.11. The van der Waals surface area contributed by atoms with E-state index >= 15 is 0 Å². The fraction of sp³-hybridized carbons (Fsp3) is 0.111. The molecule has 0 amide bonds. The van der Waals surface area contributed by atoms with Crippen LogP contribution in [0.25, 0.3) is 17.0 Å². The zero-order valence-corrected chi connectivity index (χ0v) is 8.45. The molecule has 0 bridgehead atoms. The van der Waals surface area contributed by atoms with E-state index in [1.807, 2.05) is 24.3 Å². The Bertz CT molecular complexity index is 706.